The van der Waals surface area contributed by atoms with Gasteiger partial charge in [0.2, 0.25) is 0 Å². The molecule has 0 spiro atoms. The average Bonchev–Trinajstić information content (AvgIpc) is 2.49. The average molecular weight is 350 g/mol. The van der Waals surface area contributed by atoms with Gasteiger partial charge in [0.25, 0.3) is 0 Å². The van der Waals surface area contributed by atoms with Crippen molar-refractivity contribution in [1.29, 1.82) is 0 Å². The molecule has 2 rings (SSSR count). The van der Waals surface area contributed by atoms with Crippen LogP contribution in [-0.2, 0) is 6.54 Å². The lowest BCUT2D eigenvalue weighted by Gasteiger charge is -2.15. The van der Waals surface area contributed by atoms with Crippen LogP contribution in [0.3, 0.4) is 0 Å². The van der Waals surface area contributed by atoms with Crippen LogP contribution in [0.4, 0.5) is 0 Å². The zero-order valence-corrected chi connectivity index (χ0v) is 13.9. The van der Waals surface area contributed by atoms with Crippen molar-refractivity contribution in [3.05, 3.63) is 52.5 Å². The summed E-state index contributed by atoms with van der Waals surface area (Å²) >= 11 is 3.49. The maximum absolute atomic E-state index is 6.08. The van der Waals surface area contributed by atoms with Crippen molar-refractivity contribution in [3.8, 4) is 17.2 Å². The highest BCUT2D eigenvalue weighted by molar-refractivity contribution is 9.10. The topological polar surface area (TPSA) is 30.5 Å². The highest BCUT2D eigenvalue weighted by Gasteiger charge is 2.09. The van der Waals surface area contributed by atoms with E-state index in [1.807, 2.05) is 49.5 Å². The number of hydrogen-bond acceptors (Lipinski definition) is 3. The van der Waals surface area contributed by atoms with E-state index in [-0.39, 0.29) is 0 Å². The van der Waals surface area contributed by atoms with Gasteiger partial charge >= 0.3 is 0 Å². The van der Waals surface area contributed by atoms with E-state index in [0.717, 1.165) is 40.3 Å². The molecule has 0 aliphatic carbocycles. The Morgan fingerprint density at radius 2 is 1.81 bits per heavy atom. The van der Waals surface area contributed by atoms with Crippen LogP contribution in [0.15, 0.2) is 46.9 Å². The lowest BCUT2D eigenvalue weighted by molar-refractivity contribution is 0.301. The Balaban J connectivity index is 2.27. The molecule has 0 radical (unpaired) electrons. The van der Waals surface area contributed by atoms with E-state index in [0.29, 0.717) is 6.61 Å². The molecule has 0 aliphatic rings. The zero-order chi connectivity index (χ0) is 15.1. The highest BCUT2D eigenvalue weighted by atomic mass is 79.9. The van der Waals surface area contributed by atoms with Gasteiger partial charge in [0.05, 0.1) is 6.61 Å². The predicted octanol–water partition coefficient (Wildman–Crippen LogP) is 4.75. The summed E-state index contributed by atoms with van der Waals surface area (Å²) in [7, 11) is 1.92. The Labute approximate surface area is 134 Å². The van der Waals surface area contributed by atoms with Crippen molar-refractivity contribution in [2.75, 3.05) is 13.7 Å². The van der Waals surface area contributed by atoms with Crippen LogP contribution >= 0.6 is 15.9 Å². The summed E-state index contributed by atoms with van der Waals surface area (Å²) in [6.45, 7) is 3.52. The minimum atomic E-state index is 0.683. The van der Waals surface area contributed by atoms with E-state index in [1.165, 1.54) is 0 Å². The van der Waals surface area contributed by atoms with Gasteiger partial charge in [0, 0.05) is 16.6 Å². The summed E-state index contributed by atoms with van der Waals surface area (Å²) in [6, 6.07) is 13.8. The largest absolute Gasteiger partial charge is 0.490 e. The fourth-order valence-electron chi connectivity index (χ4n) is 1.94. The third-order valence-corrected chi connectivity index (χ3v) is 3.42. The van der Waals surface area contributed by atoms with Crippen LogP contribution in [0.5, 0.6) is 17.2 Å². The molecule has 0 heterocycles. The van der Waals surface area contributed by atoms with Crippen molar-refractivity contribution in [2.45, 2.75) is 19.9 Å². The van der Waals surface area contributed by atoms with Gasteiger partial charge in [-0.3, -0.25) is 0 Å². The van der Waals surface area contributed by atoms with Crippen LogP contribution in [0.25, 0.3) is 0 Å². The second-order valence-electron chi connectivity index (χ2n) is 4.68. The summed E-state index contributed by atoms with van der Waals surface area (Å²) in [5.74, 6) is 2.34. The van der Waals surface area contributed by atoms with E-state index in [9.17, 15) is 0 Å². The zero-order valence-electron chi connectivity index (χ0n) is 12.4. The van der Waals surface area contributed by atoms with Gasteiger partial charge in [0.1, 0.15) is 5.75 Å². The van der Waals surface area contributed by atoms with Gasteiger partial charge in [-0.15, -0.1) is 0 Å². The molecule has 4 heteroatoms. The van der Waals surface area contributed by atoms with Gasteiger partial charge in [0.15, 0.2) is 11.5 Å². The number of para-hydroxylation sites is 2. The molecular formula is C17H20BrNO2. The van der Waals surface area contributed by atoms with Gasteiger partial charge in [-0.25, -0.2) is 0 Å². The van der Waals surface area contributed by atoms with Gasteiger partial charge in [-0.05, 0) is 37.7 Å². The van der Waals surface area contributed by atoms with E-state index in [4.69, 9.17) is 9.47 Å². The maximum Gasteiger partial charge on any atom is 0.169 e. The standard InChI is InChI=1S/C17H20BrNO2/c1-3-10-20-15-6-4-5-7-16(15)21-17-11-14(18)9-8-13(17)12-19-2/h4-9,11,19H,3,10,12H2,1-2H3. The van der Waals surface area contributed by atoms with Crippen molar-refractivity contribution >= 4 is 15.9 Å². The van der Waals surface area contributed by atoms with Crippen molar-refractivity contribution < 1.29 is 9.47 Å². The second-order valence-corrected chi connectivity index (χ2v) is 5.60. The van der Waals surface area contributed by atoms with Crippen molar-refractivity contribution in [3.63, 3.8) is 0 Å². The van der Waals surface area contributed by atoms with Crippen LogP contribution in [0.2, 0.25) is 0 Å². The molecule has 0 amide bonds. The minimum Gasteiger partial charge on any atom is -0.490 e. The Hall–Kier alpha value is -1.52. The fourth-order valence-corrected chi connectivity index (χ4v) is 2.28. The molecule has 0 aliphatic heterocycles. The van der Waals surface area contributed by atoms with Gasteiger partial charge < -0.3 is 14.8 Å². The van der Waals surface area contributed by atoms with E-state index in [2.05, 4.69) is 28.2 Å². The van der Waals surface area contributed by atoms with Crippen LogP contribution in [-0.4, -0.2) is 13.7 Å². The van der Waals surface area contributed by atoms with Crippen LogP contribution < -0.4 is 14.8 Å². The normalized spacial score (nSPS) is 10.4. The first-order valence-corrected chi connectivity index (χ1v) is 7.86. The van der Waals surface area contributed by atoms with E-state index < -0.39 is 0 Å². The molecule has 3 nitrogen and oxygen atoms in total. The number of halogens is 1. The van der Waals surface area contributed by atoms with Crippen LogP contribution in [0, 0.1) is 0 Å². The van der Waals surface area contributed by atoms with E-state index in [1.54, 1.807) is 0 Å². The molecule has 2 aromatic rings. The number of rotatable bonds is 7. The first-order chi connectivity index (χ1) is 10.2. The molecule has 2 aromatic carbocycles. The lowest BCUT2D eigenvalue weighted by Crippen LogP contribution is -2.06. The summed E-state index contributed by atoms with van der Waals surface area (Å²) < 4.78 is 12.8. The summed E-state index contributed by atoms with van der Waals surface area (Å²) in [5.41, 5.74) is 1.10. The molecule has 1 N–H and O–H groups in total. The Morgan fingerprint density at radius 1 is 1.05 bits per heavy atom. The second kappa shape index (κ2) is 8.05. The lowest BCUT2D eigenvalue weighted by atomic mass is 10.2. The highest BCUT2D eigenvalue weighted by Crippen LogP contribution is 2.34. The SMILES string of the molecule is CCCOc1ccccc1Oc1cc(Br)ccc1CNC. The fraction of sp³-hybridized carbons (Fsp3) is 0.294. The molecule has 21 heavy (non-hydrogen) atoms. The van der Waals surface area contributed by atoms with Gasteiger partial charge in [-0.1, -0.05) is 41.1 Å². The first kappa shape index (κ1) is 15.9. The molecule has 0 aromatic heterocycles. The van der Waals surface area contributed by atoms with E-state index >= 15 is 0 Å². The Bertz CT molecular complexity index is 587. The number of benzene rings is 2. The molecular weight excluding hydrogens is 330 g/mol. The first-order valence-electron chi connectivity index (χ1n) is 7.07. The van der Waals surface area contributed by atoms with Crippen molar-refractivity contribution in [2.24, 2.45) is 0 Å². The Kier molecular flexibility index (Phi) is 6.08. The molecule has 0 unspecified atom stereocenters. The third-order valence-electron chi connectivity index (χ3n) is 2.93. The minimum absolute atomic E-state index is 0.683. The van der Waals surface area contributed by atoms with Crippen LogP contribution in [0.1, 0.15) is 18.9 Å². The molecule has 0 saturated carbocycles. The number of nitrogens with one attached hydrogen (secondary N) is 1. The maximum atomic E-state index is 6.08. The monoisotopic (exact) mass is 349 g/mol. The molecule has 0 fully saturated rings. The predicted molar refractivity (Wildman–Crippen MR) is 89.2 cm³/mol. The summed E-state index contributed by atoms with van der Waals surface area (Å²) in [4.78, 5) is 0. The summed E-state index contributed by atoms with van der Waals surface area (Å²) in [5, 5.41) is 3.15. The number of hydrogen-bond donors (Lipinski definition) is 1. The Morgan fingerprint density at radius 3 is 2.52 bits per heavy atom. The molecule has 112 valence electrons. The van der Waals surface area contributed by atoms with Crippen molar-refractivity contribution in [1.82, 2.24) is 5.32 Å². The smallest absolute Gasteiger partial charge is 0.169 e. The molecule has 0 bridgehead atoms. The third kappa shape index (κ3) is 4.48. The molecule has 0 atom stereocenters. The number of ether oxygens (including phenoxy) is 2. The van der Waals surface area contributed by atoms with Gasteiger partial charge in [-0.2, -0.15) is 0 Å². The quantitative estimate of drug-likeness (QED) is 0.782. The summed E-state index contributed by atoms with van der Waals surface area (Å²) in [6.07, 6.45) is 0.968. The molecule has 0 saturated heterocycles.